The van der Waals surface area contributed by atoms with Crippen LogP contribution in [0.25, 0.3) is 0 Å². The highest BCUT2D eigenvalue weighted by atomic mass is 31.2. The largest absolute Gasteiger partial charge is 0.472 e. The average molecular weight is 879 g/mol. The van der Waals surface area contributed by atoms with E-state index in [1.807, 2.05) is 61.6 Å². The molecule has 16 heteroatoms. The monoisotopic (exact) mass is 878 g/mol. The number of aliphatic hydroxyl groups excluding tert-OH is 2. The number of rotatable bonds is 39. The third-order valence-corrected chi connectivity index (χ3v) is 10.5. The summed E-state index contributed by atoms with van der Waals surface area (Å²) in [6.45, 7) is 3.76. The van der Waals surface area contributed by atoms with Crippen LogP contribution in [0.4, 0.5) is 0 Å². The molecule has 0 aliphatic rings. The number of ether oxygens (including phenoxy) is 2. The molecular weight excluding hydrogens is 802 g/mol. The molecule has 5 atom stereocenters. The molecule has 0 rings (SSSR count). The molecule has 0 saturated heterocycles. The number of esters is 2. The van der Waals surface area contributed by atoms with Gasteiger partial charge < -0.3 is 34.4 Å². The van der Waals surface area contributed by atoms with Crippen molar-refractivity contribution in [1.29, 1.82) is 0 Å². The molecule has 0 aromatic rings. The van der Waals surface area contributed by atoms with Gasteiger partial charge in [-0.1, -0.05) is 152 Å². The number of hydrogen-bond donors (Lipinski definition) is 5. The fourth-order valence-corrected chi connectivity index (χ4v) is 6.53. The first-order valence-electron chi connectivity index (χ1n) is 21.5. The van der Waals surface area contributed by atoms with E-state index >= 15 is 0 Å². The molecule has 0 fully saturated rings. The molecule has 0 bridgehead atoms. The second-order valence-electron chi connectivity index (χ2n) is 14.7. The van der Waals surface area contributed by atoms with E-state index in [4.69, 9.17) is 23.8 Å². The minimum absolute atomic E-state index is 0.0976. The fourth-order valence-electron chi connectivity index (χ4n) is 5.38. The highest BCUT2D eigenvalue weighted by molar-refractivity contribution is 7.47. The Bertz CT molecular complexity index is 1310. The summed E-state index contributed by atoms with van der Waals surface area (Å²) in [4.78, 5) is 52.6. The van der Waals surface area contributed by atoms with Gasteiger partial charge in [0.15, 0.2) is 6.10 Å². The maximum Gasteiger partial charge on any atom is 0.472 e. The SMILES string of the molecule is CC/C=C\C(O)C/C=C/C=C\C/C=C\C/C=C\CCCC(=O)OC[C@H](COP(=O)(O)OC[C@@H](O)COP(=O)(O)O)OC(=O)CCCCCCCCCCCCC(C)CC. The van der Waals surface area contributed by atoms with Crippen LogP contribution in [-0.4, -0.2) is 81.6 Å². The number of carbonyl (C=O) groups is 2. The highest BCUT2D eigenvalue weighted by Crippen LogP contribution is 2.43. The number of hydrogen-bond acceptors (Lipinski definition) is 11. The van der Waals surface area contributed by atoms with E-state index in [9.17, 15) is 33.8 Å². The second-order valence-corrected chi connectivity index (χ2v) is 17.4. The Balaban J connectivity index is 4.66. The van der Waals surface area contributed by atoms with E-state index < -0.39 is 72.3 Å². The van der Waals surface area contributed by atoms with Crippen molar-refractivity contribution in [2.75, 3.05) is 26.4 Å². The van der Waals surface area contributed by atoms with E-state index in [0.29, 0.717) is 25.7 Å². The Morgan fingerprint density at radius 2 is 1.19 bits per heavy atom. The zero-order chi connectivity index (χ0) is 44.0. The predicted molar refractivity (Wildman–Crippen MR) is 231 cm³/mol. The molecular formula is C43H76O14P2. The summed E-state index contributed by atoms with van der Waals surface area (Å²) in [6.07, 6.45) is 34.2. The Morgan fingerprint density at radius 1 is 0.627 bits per heavy atom. The third-order valence-electron chi connectivity index (χ3n) is 9.03. The molecule has 0 spiro atoms. The fraction of sp³-hybridized carbons (Fsp3) is 0.721. The minimum atomic E-state index is -4.87. The van der Waals surface area contributed by atoms with Crippen molar-refractivity contribution < 1.29 is 66.7 Å². The molecule has 0 aliphatic carbocycles. The maximum atomic E-state index is 12.6. The van der Waals surface area contributed by atoms with Gasteiger partial charge in [-0.3, -0.25) is 23.2 Å². The van der Waals surface area contributed by atoms with E-state index in [-0.39, 0.29) is 12.8 Å². The van der Waals surface area contributed by atoms with Gasteiger partial charge in [-0.05, 0) is 50.9 Å². The summed E-state index contributed by atoms with van der Waals surface area (Å²) in [5.74, 6) is -0.315. The Hall–Kier alpha value is -2.22. The zero-order valence-electron chi connectivity index (χ0n) is 35.9. The number of aliphatic hydroxyl groups is 2. The minimum Gasteiger partial charge on any atom is -0.462 e. The summed E-state index contributed by atoms with van der Waals surface area (Å²) in [6, 6.07) is 0. The summed E-state index contributed by atoms with van der Waals surface area (Å²) in [7, 11) is -9.70. The lowest BCUT2D eigenvalue weighted by molar-refractivity contribution is -0.161. The lowest BCUT2D eigenvalue weighted by Gasteiger charge is -2.20. The van der Waals surface area contributed by atoms with Gasteiger partial charge in [0.2, 0.25) is 0 Å². The Labute approximate surface area is 354 Å². The van der Waals surface area contributed by atoms with E-state index in [0.717, 1.165) is 50.9 Å². The van der Waals surface area contributed by atoms with Crippen LogP contribution in [0.1, 0.15) is 149 Å². The van der Waals surface area contributed by atoms with Gasteiger partial charge >= 0.3 is 27.6 Å². The third kappa shape index (κ3) is 40.9. The number of phosphoric ester groups is 2. The quantitative estimate of drug-likeness (QED) is 0.0128. The molecule has 0 aromatic carbocycles. The summed E-state index contributed by atoms with van der Waals surface area (Å²) in [5, 5.41) is 19.5. The van der Waals surface area contributed by atoms with Crippen molar-refractivity contribution >= 4 is 27.6 Å². The van der Waals surface area contributed by atoms with Gasteiger partial charge in [0.25, 0.3) is 0 Å². The van der Waals surface area contributed by atoms with Crippen LogP contribution in [0.2, 0.25) is 0 Å². The van der Waals surface area contributed by atoms with Gasteiger partial charge in [-0.15, -0.1) is 0 Å². The van der Waals surface area contributed by atoms with Crippen LogP contribution in [0.3, 0.4) is 0 Å². The smallest absolute Gasteiger partial charge is 0.462 e. The number of allylic oxidation sites excluding steroid dienone is 8. The van der Waals surface area contributed by atoms with Crippen molar-refractivity contribution in [2.24, 2.45) is 5.92 Å². The molecule has 0 saturated carbocycles. The average Bonchev–Trinajstić information content (AvgIpc) is 3.19. The van der Waals surface area contributed by atoms with Crippen LogP contribution < -0.4 is 0 Å². The first-order valence-corrected chi connectivity index (χ1v) is 24.5. The zero-order valence-corrected chi connectivity index (χ0v) is 37.6. The van der Waals surface area contributed by atoms with Crippen LogP contribution in [-0.2, 0) is 41.8 Å². The van der Waals surface area contributed by atoms with E-state index in [1.165, 1.54) is 44.9 Å². The van der Waals surface area contributed by atoms with Crippen molar-refractivity contribution in [1.82, 2.24) is 0 Å². The number of carbonyl (C=O) groups excluding carboxylic acids is 2. The van der Waals surface area contributed by atoms with Crippen molar-refractivity contribution in [2.45, 2.75) is 167 Å². The Kier molecular flexibility index (Phi) is 36.1. The van der Waals surface area contributed by atoms with Crippen LogP contribution in [0.15, 0.2) is 60.8 Å². The van der Waals surface area contributed by atoms with E-state index in [1.54, 1.807) is 6.08 Å². The summed E-state index contributed by atoms with van der Waals surface area (Å²) < 4.78 is 47.7. The van der Waals surface area contributed by atoms with Gasteiger partial charge in [-0.25, -0.2) is 9.13 Å². The van der Waals surface area contributed by atoms with E-state index in [2.05, 4.69) is 22.9 Å². The molecule has 0 radical (unpaired) electrons. The molecule has 5 N–H and O–H groups in total. The standard InChI is InChI=1S/C43H76O14P2/c1-4-6-30-39(44)31-26-22-18-14-9-7-8-10-15-19-23-27-32-42(46)53-36-41(37-56-59(51,52)55-35-40(45)34-54-58(48,49)50)57-43(47)33-28-24-20-16-12-11-13-17-21-25-29-38(3)5-2/h6-8,14-15,18-19,22,26,30,38-41,44-45H,4-5,9-13,16-17,20-21,23-25,27-29,31-37H2,1-3H3,(H,51,52)(H2,48,49,50)/b8-7-,18-14-,19-15-,26-22+,30-6-/t38?,39?,40-,41+/m0/s1. The first-order chi connectivity index (χ1) is 28.2. The number of phosphoric acid groups is 2. The summed E-state index contributed by atoms with van der Waals surface area (Å²) >= 11 is 0. The van der Waals surface area contributed by atoms with Crippen molar-refractivity contribution in [3.05, 3.63) is 60.8 Å². The normalized spacial score (nSPS) is 15.7. The van der Waals surface area contributed by atoms with Crippen LogP contribution >= 0.6 is 15.6 Å². The molecule has 0 aliphatic heterocycles. The second kappa shape index (κ2) is 37.5. The van der Waals surface area contributed by atoms with Gasteiger partial charge in [-0.2, -0.15) is 0 Å². The maximum absolute atomic E-state index is 12.6. The lowest BCUT2D eigenvalue weighted by atomic mass is 9.99. The van der Waals surface area contributed by atoms with Crippen molar-refractivity contribution in [3.63, 3.8) is 0 Å². The van der Waals surface area contributed by atoms with Gasteiger partial charge in [0.05, 0.1) is 25.9 Å². The van der Waals surface area contributed by atoms with Gasteiger partial charge in [0, 0.05) is 12.8 Å². The van der Waals surface area contributed by atoms with Crippen LogP contribution in [0.5, 0.6) is 0 Å². The molecule has 0 amide bonds. The topological polar surface area (TPSA) is 216 Å². The molecule has 0 heterocycles. The predicted octanol–water partition coefficient (Wildman–Crippen LogP) is 9.67. The molecule has 3 unspecified atom stereocenters. The first kappa shape index (κ1) is 56.8. The van der Waals surface area contributed by atoms with Crippen molar-refractivity contribution in [3.8, 4) is 0 Å². The van der Waals surface area contributed by atoms with Gasteiger partial charge in [0.1, 0.15) is 12.7 Å². The van der Waals surface area contributed by atoms with Crippen LogP contribution in [0, 0.1) is 5.92 Å². The molecule has 59 heavy (non-hydrogen) atoms. The molecule has 14 nitrogen and oxygen atoms in total. The summed E-state index contributed by atoms with van der Waals surface area (Å²) in [5.41, 5.74) is 0. The highest BCUT2D eigenvalue weighted by Gasteiger charge is 2.28. The number of unbranched alkanes of at least 4 members (excludes halogenated alkanes) is 10. The molecule has 342 valence electrons. The lowest BCUT2D eigenvalue weighted by Crippen LogP contribution is -2.30. The Morgan fingerprint density at radius 3 is 1.83 bits per heavy atom. The molecule has 0 aromatic heterocycles.